The van der Waals surface area contributed by atoms with E-state index in [0.717, 1.165) is 18.4 Å². The first-order valence-corrected chi connectivity index (χ1v) is 14.0. The summed E-state index contributed by atoms with van der Waals surface area (Å²) < 4.78 is 0. The maximum Gasteiger partial charge on any atom is 0.116 e. The Morgan fingerprint density at radius 1 is 0.577 bits per heavy atom. The van der Waals surface area contributed by atoms with Gasteiger partial charge in [0.05, 0.1) is 0 Å². The normalized spacial score (nSPS) is 11.2. The summed E-state index contributed by atoms with van der Waals surface area (Å²) in [4.78, 5) is 0. The van der Waals surface area contributed by atoms with Gasteiger partial charge in [-0.2, -0.15) is 0 Å². The van der Waals surface area contributed by atoms with Crippen LogP contribution in [-0.4, -0.2) is 18.4 Å². The molecule has 0 spiro atoms. The molecule has 0 amide bonds. The van der Waals surface area contributed by atoms with E-state index in [1.54, 1.807) is 5.30 Å². The Kier molecular flexibility index (Phi) is 6.29. The zero-order chi connectivity index (χ0) is 18.7. The largest absolute Gasteiger partial charge is 0.116 e. The lowest BCUT2D eigenvalue weighted by Gasteiger charge is -2.23. The standard InChI is InChI=1S/C23H25PSi2/c1-16-14-19(4)23(20(5)15-16)24(25-21-12-8-6-10-17(21)2)26-22-13-9-7-11-18(22)3/h6-15H,1-5H3. The quantitative estimate of drug-likeness (QED) is 0.453. The summed E-state index contributed by atoms with van der Waals surface area (Å²) in [7, 11) is 1.48. The van der Waals surface area contributed by atoms with Crippen molar-refractivity contribution < 1.29 is 0 Å². The van der Waals surface area contributed by atoms with Gasteiger partial charge in [0.15, 0.2) is 0 Å². The SMILES string of the molecule is Cc1cc(C)c(P([Si]c2ccccc2C)[Si]c2ccccc2C)c(C)c1. The zero-order valence-corrected chi connectivity index (χ0v) is 19.1. The molecular formula is C23H25PSi2. The molecule has 3 heteroatoms. The Balaban J connectivity index is 2.05. The highest BCUT2D eigenvalue weighted by atomic mass is 31.6. The lowest BCUT2D eigenvalue weighted by Crippen LogP contribution is -2.30. The van der Waals surface area contributed by atoms with Crippen molar-refractivity contribution in [1.82, 2.24) is 0 Å². The molecule has 0 atom stereocenters. The van der Waals surface area contributed by atoms with Gasteiger partial charge in [0.2, 0.25) is 0 Å². The first-order chi connectivity index (χ1) is 12.5. The highest BCUT2D eigenvalue weighted by molar-refractivity contribution is 8.13. The van der Waals surface area contributed by atoms with E-state index in [4.69, 9.17) is 0 Å². The van der Waals surface area contributed by atoms with Gasteiger partial charge in [-0.05, 0) is 51.1 Å². The van der Waals surface area contributed by atoms with Crippen LogP contribution in [0.1, 0.15) is 27.8 Å². The van der Waals surface area contributed by atoms with Crippen LogP contribution in [-0.2, 0) is 0 Å². The molecule has 26 heavy (non-hydrogen) atoms. The molecule has 0 fully saturated rings. The van der Waals surface area contributed by atoms with Crippen molar-refractivity contribution in [3.05, 3.63) is 88.5 Å². The van der Waals surface area contributed by atoms with E-state index in [0.29, 0.717) is 0 Å². The number of aryl methyl sites for hydroxylation is 5. The third-order valence-corrected chi connectivity index (χ3v) is 14.0. The van der Waals surface area contributed by atoms with Crippen LogP contribution >= 0.6 is 7.02 Å². The van der Waals surface area contributed by atoms with Gasteiger partial charge >= 0.3 is 0 Å². The van der Waals surface area contributed by atoms with Gasteiger partial charge in [-0.25, -0.2) is 0 Å². The first-order valence-electron chi connectivity index (χ1n) is 8.98. The molecule has 3 aromatic rings. The molecule has 3 aromatic carbocycles. The maximum atomic E-state index is 2.36. The molecule has 0 bridgehead atoms. The fourth-order valence-electron chi connectivity index (χ4n) is 3.30. The lowest BCUT2D eigenvalue weighted by atomic mass is 10.1. The number of rotatable bonds is 5. The van der Waals surface area contributed by atoms with Crippen LogP contribution in [0.15, 0.2) is 60.7 Å². The minimum atomic E-state index is -0.239. The average molecular weight is 389 g/mol. The van der Waals surface area contributed by atoms with Crippen molar-refractivity contribution in [1.29, 1.82) is 0 Å². The average Bonchev–Trinajstić information content (AvgIpc) is 2.58. The van der Waals surface area contributed by atoms with Crippen LogP contribution in [0, 0.1) is 34.6 Å². The molecule has 0 heterocycles. The lowest BCUT2D eigenvalue weighted by molar-refractivity contribution is 1.36. The summed E-state index contributed by atoms with van der Waals surface area (Å²) in [6.45, 7) is 11.3. The fourth-order valence-corrected chi connectivity index (χ4v) is 14.3. The van der Waals surface area contributed by atoms with Crippen LogP contribution in [0.3, 0.4) is 0 Å². The minimum absolute atomic E-state index is 0.239. The van der Waals surface area contributed by atoms with Gasteiger partial charge < -0.3 is 0 Å². The molecule has 0 unspecified atom stereocenters. The highest BCUT2D eigenvalue weighted by Gasteiger charge is 2.20. The molecule has 4 radical (unpaired) electrons. The molecule has 0 aliphatic rings. The van der Waals surface area contributed by atoms with Gasteiger partial charge in [0.25, 0.3) is 0 Å². The summed E-state index contributed by atoms with van der Waals surface area (Å²) in [5, 5.41) is 4.67. The molecule has 0 aliphatic carbocycles. The van der Waals surface area contributed by atoms with Crippen LogP contribution < -0.4 is 15.7 Å². The number of benzene rings is 3. The predicted octanol–water partition coefficient (Wildman–Crippen LogP) is 4.23. The van der Waals surface area contributed by atoms with Crippen molar-refractivity contribution in [2.24, 2.45) is 0 Å². The molecule has 0 aromatic heterocycles. The fraction of sp³-hybridized carbons (Fsp3) is 0.217. The first kappa shape index (κ1) is 19.3. The van der Waals surface area contributed by atoms with Gasteiger partial charge in [0, 0.05) is 0 Å². The summed E-state index contributed by atoms with van der Waals surface area (Å²) in [5.74, 6) is 0. The summed E-state index contributed by atoms with van der Waals surface area (Å²) in [6.07, 6.45) is 0. The summed E-state index contributed by atoms with van der Waals surface area (Å²) in [5.41, 5.74) is 7.16. The second kappa shape index (κ2) is 8.48. The minimum Gasteiger partial charge on any atom is -0.0951 e. The summed E-state index contributed by atoms with van der Waals surface area (Å²) in [6, 6.07) is 22.6. The molecule has 0 nitrogen and oxygen atoms in total. The molecular weight excluding hydrogens is 363 g/mol. The number of hydrogen-bond acceptors (Lipinski definition) is 0. The Bertz CT molecular complexity index is 847. The van der Waals surface area contributed by atoms with E-state index < -0.39 is 0 Å². The second-order valence-electron chi connectivity index (χ2n) is 6.94. The van der Waals surface area contributed by atoms with Crippen molar-refractivity contribution in [3.8, 4) is 0 Å². The smallest absolute Gasteiger partial charge is 0.0951 e. The Labute approximate surface area is 164 Å². The van der Waals surface area contributed by atoms with Crippen LogP contribution in [0.25, 0.3) is 0 Å². The van der Waals surface area contributed by atoms with E-state index >= 15 is 0 Å². The third kappa shape index (κ3) is 4.43. The molecule has 3 rings (SSSR count). The Hall–Kier alpha value is -1.48. The number of hydrogen-bond donors (Lipinski definition) is 0. The Morgan fingerprint density at radius 3 is 1.42 bits per heavy atom. The van der Waals surface area contributed by atoms with Crippen LogP contribution in [0.4, 0.5) is 0 Å². The highest BCUT2D eigenvalue weighted by Crippen LogP contribution is 2.33. The molecule has 0 aliphatic heterocycles. The van der Waals surface area contributed by atoms with Crippen molar-refractivity contribution >= 4 is 41.1 Å². The molecule has 0 saturated carbocycles. The van der Waals surface area contributed by atoms with Crippen molar-refractivity contribution in [3.63, 3.8) is 0 Å². The molecule has 0 saturated heterocycles. The third-order valence-electron chi connectivity index (χ3n) is 4.61. The van der Waals surface area contributed by atoms with Crippen LogP contribution in [0.2, 0.25) is 0 Å². The van der Waals surface area contributed by atoms with E-state index in [-0.39, 0.29) is 7.02 Å². The summed E-state index contributed by atoms with van der Waals surface area (Å²) >= 11 is 0. The van der Waals surface area contributed by atoms with E-state index in [2.05, 4.69) is 95.3 Å². The van der Waals surface area contributed by atoms with Crippen molar-refractivity contribution in [2.75, 3.05) is 0 Å². The topological polar surface area (TPSA) is 0 Å². The molecule has 130 valence electrons. The van der Waals surface area contributed by atoms with E-state index in [1.807, 2.05) is 0 Å². The van der Waals surface area contributed by atoms with Gasteiger partial charge in [0.1, 0.15) is 18.4 Å². The van der Waals surface area contributed by atoms with Gasteiger partial charge in [-0.3, -0.25) is 0 Å². The van der Waals surface area contributed by atoms with E-state index in [1.165, 1.54) is 38.2 Å². The monoisotopic (exact) mass is 388 g/mol. The van der Waals surface area contributed by atoms with Crippen molar-refractivity contribution in [2.45, 2.75) is 34.6 Å². The van der Waals surface area contributed by atoms with Gasteiger partial charge in [-0.15, -0.1) is 0 Å². The van der Waals surface area contributed by atoms with E-state index in [9.17, 15) is 0 Å². The van der Waals surface area contributed by atoms with Gasteiger partial charge in [-0.1, -0.05) is 94.7 Å². The Morgan fingerprint density at radius 2 is 1.00 bits per heavy atom. The predicted molar refractivity (Wildman–Crippen MR) is 120 cm³/mol. The zero-order valence-electron chi connectivity index (χ0n) is 16.2. The second-order valence-corrected chi connectivity index (χ2v) is 14.9. The molecule has 0 N–H and O–H groups in total. The maximum absolute atomic E-state index is 2.36. The van der Waals surface area contributed by atoms with Crippen LogP contribution in [0.5, 0.6) is 0 Å².